The van der Waals surface area contributed by atoms with Crippen LogP contribution in [0.3, 0.4) is 0 Å². The minimum atomic E-state index is 0.604. The summed E-state index contributed by atoms with van der Waals surface area (Å²) >= 11 is 1.95. The predicted molar refractivity (Wildman–Crippen MR) is 54.8 cm³/mol. The van der Waals surface area contributed by atoms with Crippen molar-refractivity contribution in [2.45, 2.75) is 24.1 Å². The number of benzene rings is 1. The normalized spacial score (nSPS) is 21.2. The van der Waals surface area contributed by atoms with Crippen LogP contribution < -0.4 is 4.90 Å². The van der Waals surface area contributed by atoms with Gasteiger partial charge >= 0.3 is 0 Å². The van der Waals surface area contributed by atoms with Crippen molar-refractivity contribution >= 4 is 17.4 Å². The van der Waals surface area contributed by atoms with Gasteiger partial charge in [0.1, 0.15) is 0 Å². The maximum absolute atomic E-state index is 2.43. The van der Waals surface area contributed by atoms with Gasteiger partial charge in [0.05, 0.1) is 11.1 Å². The molecule has 0 amide bonds. The summed E-state index contributed by atoms with van der Waals surface area (Å²) in [5.41, 5.74) is 1.40. The second kappa shape index (κ2) is 3.02. The van der Waals surface area contributed by atoms with E-state index in [0.717, 1.165) is 6.54 Å². The van der Waals surface area contributed by atoms with Gasteiger partial charge < -0.3 is 4.90 Å². The van der Waals surface area contributed by atoms with Crippen LogP contribution >= 0.6 is 11.8 Å². The highest BCUT2D eigenvalue weighted by Gasteiger charge is 2.24. The van der Waals surface area contributed by atoms with Gasteiger partial charge in [-0.05, 0) is 26.0 Å². The summed E-state index contributed by atoms with van der Waals surface area (Å²) < 4.78 is 0. The third-order valence-corrected chi connectivity index (χ3v) is 3.45. The highest BCUT2D eigenvalue weighted by molar-refractivity contribution is 8.00. The van der Waals surface area contributed by atoms with Gasteiger partial charge in [-0.25, -0.2) is 0 Å². The maximum atomic E-state index is 2.43. The Morgan fingerprint density at radius 1 is 1.42 bits per heavy atom. The van der Waals surface area contributed by atoms with Crippen molar-refractivity contribution in [2.75, 3.05) is 11.4 Å². The number of para-hydroxylation sites is 1. The van der Waals surface area contributed by atoms with E-state index in [4.69, 9.17) is 0 Å². The molecule has 1 aromatic rings. The number of hydrogen-bond acceptors (Lipinski definition) is 2. The lowest BCUT2D eigenvalue weighted by Crippen LogP contribution is -2.25. The molecule has 0 N–H and O–H groups in total. The van der Waals surface area contributed by atoms with Gasteiger partial charge in [-0.3, -0.25) is 0 Å². The van der Waals surface area contributed by atoms with E-state index in [1.807, 2.05) is 11.8 Å². The Labute approximate surface area is 77.8 Å². The summed E-state index contributed by atoms with van der Waals surface area (Å²) in [6.45, 7) is 5.57. The Kier molecular flexibility index (Phi) is 2.01. The number of nitrogens with zero attached hydrogens (tertiary/aromatic N) is 1. The summed E-state index contributed by atoms with van der Waals surface area (Å²) in [5, 5.41) is 0.604. The minimum Gasteiger partial charge on any atom is -0.359 e. The topological polar surface area (TPSA) is 3.24 Å². The molecule has 0 spiro atoms. The van der Waals surface area contributed by atoms with Crippen LogP contribution in [0.25, 0.3) is 0 Å². The SMILES string of the molecule is CCN1c2ccccc2SC1C. The second-order valence-corrected chi connectivity index (χ2v) is 4.33. The molecule has 1 atom stereocenters. The summed E-state index contributed by atoms with van der Waals surface area (Å²) in [5.74, 6) is 0. The number of hydrogen-bond donors (Lipinski definition) is 0. The third-order valence-electron chi connectivity index (χ3n) is 2.25. The van der Waals surface area contributed by atoms with E-state index < -0.39 is 0 Å². The molecule has 64 valence electrons. The molecule has 2 heteroatoms. The molecule has 1 aliphatic heterocycles. The van der Waals surface area contributed by atoms with Gasteiger partial charge in [0.15, 0.2) is 0 Å². The Morgan fingerprint density at radius 2 is 2.17 bits per heavy atom. The van der Waals surface area contributed by atoms with Crippen LogP contribution in [0, 0.1) is 0 Å². The number of thioether (sulfide) groups is 1. The standard InChI is InChI=1S/C10H13NS/c1-3-11-8(2)12-10-7-5-4-6-9(10)11/h4-8H,3H2,1-2H3. The summed E-state index contributed by atoms with van der Waals surface area (Å²) in [6, 6.07) is 8.62. The quantitative estimate of drug-likeness (QED) is 0.652. The molecule has 12 heavy (non-hydrogen) atoms. The largest absolute Gasteiger partial charge is 0.359 e. The molecule has 0 aliphatic carbocycles. The van der Waals surface area contributed by atoms with Gasteiger partial charge in [-0.2, -0.15) is 0 Å². The minimum absolute atomic E-state index is 0.604. The van der Waals surface area contributed by atoms with Crippen LogP contribution in [0.2, 0.25) is 0 Å². The second-order valence-electron chi connectivity index (χ2n) is 2.97. The first-order valence-electron chi connectivity index (χ1n) is 4.35. The van der Waals surface area contributed by atoms with Crippen LogP contribution in [0.5, 0.6) is 0 Å². The van der Waals surface area contributed by atoms with Gasteiger partial charge in [-0.15, -0.1) is 0 Å². The zero-order valence-electron chi connectivity index (χ0n) is 7.45. The van der Waals surface area contributed by atoms with E-state index in [1.165, 1.54) is 10.6 Å². The van der Waals surface area contributed by atoms with E-state index in [-0.39, 0.29) is 0 Å². The lowest BCUT2D eigenvalue weighted by molar-refractivity contribution is 0.834. The third kappa shape index (κ3) is 1.11. The first-order valence-corrected chi connectivity index (χ1v) is 5.23. The summed E-state index contributed by atoms with van der Waals surface area (Å²) in [4.78, 5) is 3.85. The van der Waals surface area contributed by atoms with Gasteiger partial charge in [0, 0.05) is 11.4 Å². The predicted octanol–water partition coefficient (Wildman–Crippen LogP) is 2.96. The summed E-state index contributed by atoms with van der Waals surface area (Å²) in [7, 11) is 0. The average molecular weight is 179 g/mol. The van der Waals surface area contributed by atoms with Crippen LogP contribution in [0.4, 0.5) is 5.69 Å². The fraction of sp³-hybridized carbons (Fsp3) is 0.400. The molecular formula is C10H13NS. The fourth-order valence-electron chi connectivity index (χ4n) is 1.66. The first-order chi connectivity index (χ1) is 5.83. The number of rotatable bonds is 1. The van der Waals surface area contributed by atoms with E-state index in [9.17, 15) is 0 Å². The molecule has 1 heterocycles. The number of fused-ring (bicyclic) bond motifs is 1. The van der Waals surface area contributed by atoms with Crippen LogP contribution in [0.1, 0.15) is 13.8 Å². The van der Waals surface area contributed by atoms with Gasteiger partial charge in [-0.1, -0.05) is 23.9 Å². The van der Waals surface area contributed by atoms with Crippen molar-refractivity contribution in [3.8, 4) is 0 Å². The zero-order chi connectivity index (χ0) is 8.55. The average Bonchev–Trinajstić information content (AvgIpc) is 2.40. The van der Waals surface area contributed by atoms with Crippen LogP contribution in [0.15, 0.2) is 29.2 Å². The van der Waals surface area contributed by atoms with E-state index >= 15 is 0 Å². The highest BCUT2D eigenvalue weighted by atomic mass is 32.2. The van der Waals surface area contributed by atoms with Crippen molar-refractivity contribution in [1.29, 1.82) is 0 Å². The smallest absolute Gasteiger partial charge is 0.0769 e. The number of anilines is 1. The molecule has 0 aromatic heterocycles. The molecule has 1 unspecified atom stereocenters. The molecule has 0 saturated heterocycles. The molecule has 0 fully saturated rings. The Bertz CT molecular complexity index is 285. The molecular weight excluding hydrogens is 166 g/mol. The van der Waals surface area contributed by atoms with Gasteiger partial charge in [0.2, 0.25) is 0 Å². The molecule has 1 nitrogen and oxygen atoms in total. The maximum Gasteiger partial charge on any atom is 0.0769 e. The van der Waals surface area contributed by atoms with E-state index in [2.05, 4.69) is 43.0 Å². The molecule has 0 bridgehead atoms. The van der Waals surface area contributed by atoms with Crippen molar-refractivity contribution < 1.29 is 0 Å². The molecule has 0 saturated carbocycles. The summed E-state index contributed by atoms with van der Waals surface area (Å²) in [6.07, 6.45) is 0. The zero-order valence-corrected chi connectivity index (χ0v) is 8.27. The molecule has 0 radical (unpaired) electrons. The van der Waals surface area contributed by atoms with Crippen LogP contribution in [-0.4, -0.2) is 11.9 Å². The first kappa shape index (κ1) is 7.99. The molecule has 1 aromatic carbocycles. The van der Waals surface area contributed by atoms with Gasteiger partial charge in [0.25, 0.3) is 0 Å². The highest BCUT2D eigenvalue weighted by Crippen LogP contribution is 2.42. The van der Waals surface area contributed by atoms with E-state index in [0.29, 0.717) is 5.37 Å². The Balaban J connectivity index is 2.40. The van der Waals surface area contributed by atoms with Crippen LogP contribution in [-0.2, 0) is 0 Å². The fourth-order valence-corrected chi connectivity index (χ4v) is 2.89. The molecule has 2 rings (SSSR count). The van der Waals surface area contributed by atoms with Crippen molar-refractivity contribution in [3.63, 3.8) is 0 Å². The monoisotopic (exact) mass is 179 g/mol. The lowest BCUT2D eigenvalue weighted by atomic mass is 10.3. The lowest BCUT2D eigenvalue weighted by Gasteiger charge is -2.21. The Morgan fingerprint density at radius 3 is 2.92 bits per heavy atom. The van der Waals surface area contributed by atoms with Crippen molar-refractivity contribution in [1.82, 2.24) is 0 Å². The van der Waals surface area contributed by atoms with Crippen molar-refractivity contribution in [3.05, 3.63) is 24.3 Å². The molecule has 1 aliphatic rings. The van der Waals surface area contributed by atoms with Crippen molar-refractivity contribution in [2.24, 2.45) is 0 Å². The van der Waals surface area contributed by atoms with E-state index in [1.54, 1.807) is 0 Å². The Hall–Kier alpha value is -0.630.